The van der Waals surface area contributed by atoms with Gasteiger partial charge >= 0.3 is 0 Å². The number of nitrogens with zero attached hydrogens (tertiary/aromatic N) is 1. The molecule has 50 valence electrons. The fraction of sp³-hybridized carbons (Fsp3) is 0.600. The molecule has 0 saturated heterocycles. The maximum Gasteiger partial charge on any atom is 0.266 e. The highest BCUT2D eigenvalue weighted by Crippen LogP contribution is 2.30. The SMILES string of the molecule is NC(=O)/C(=N/O)C1CC1. The summed E-state index contributed by atoms with van der Waals surface area (Å²) in [5, 5.41) is 11.0. The van der Waals surface area contributed by atoms with E-state index in [-0.39, 0.29) is 11.6 Å². The predicted molar refractivity (Wildman–Crippen MR) is 31.1 cm³/mol. The van der Waals surface area contributed by atoms with E-state index in [9.17, 15) is 4.79 Å². The van der Waals surface area contributed by atoms with E-state index in [0.717, 1.165) is 12.8 Å². The average Bonchev–Trinajstić information content (AvgIpc) is 2.50. The lowest BCUT2D eigenvalue weighted by Crippen LogP contribution is -2.24. The molecule has 0 aromatic carbocycles. The predicted octanol–water partition coefficient (Wildman–Crippen LogP) is -0.288. The zero-order chi connectivity index (χ0) is 6.85. The minimum absolute atomic E-state index is 0.120. The van der Waals surface area contributed by atoms with E-state index in [1.165, 1.54) is 0 Å². The Morgan fingerprint density at radius 3 is 2.33 bits per heavy atom. The molecule has 0 aromatic heterocycles. The Morgan fingerprint density at radius 1 is 1.67 bits per heavy atom. The molecule has 1 fully saturated rings. The van der Waals surface area contributed by atoms with Crippen molar-refractivity contribution in [3.8, 4) is 0 Å². The molecule has 0 aliphatic heterocycles. The number of amides is 1. The third-order valence-electron chi connectivity index (χ3n) is 1.32. The first kappa shape index (κ1) is 6.07. The molecule has 3 N–H and O–H groups in total. The first-order valence-electron chi connectivity index (χ1n) is 2.77. The van der Waals surface area contributed by atoms with E-state index in [1.807, 2.05) is 0 Å². The van der Waals surface area contributed by atoms with Crippen LogP contribution < -0.4 is 5.73 Å². The molecular formula is C5H8N2O2. The van der Waals surface area contributed by atoms with Crippen molar-refractivity contribution in [2.24, 2.45) is 16.8 Å². The maximum atomic E-state index is 10.3. The largest absolute Gasteiger partial charge is 0.410 e. The van der Waals surface area contributed by atoms with Crippen molar-refractivity contribution in [2.75, 3.05) is 0 Å². The summed E-state index contributed by atoms with van der Waals surface area (Å²) >= 11 is 0. The number of nitrogens with two attached hydrogens (primary N) is 1. The van der Waals surface area contributed by atoms with Gasteiger partial charge in [-0.3, -0.25) is 4.79 Å². The molecule has 1 saturated carbocycles. The highest BCUT2D eigenvalue weighted by molar-refractivity contribution is 6.39. The summed E-state index contributed by atoms with van der Waals surface area (Å²) in [6, 6.07) is 0. The number of hydrogen-bond acceptors (Lipinski definition) is 3. The number of oxime groups is 1. The van der Waals surface area contributed by atoms with E-state index in [4.69, 9.17) is 10.9 Å². The molecule has 1 aliphatic carbocycles. The van der Waals surface area contributed by atoms with E-state index in [1.54, 1.807) is 0 Å². The second-order valence-corrected chi connectivity index (χ2v) is 2.12. The van der Waals surface area contributed by atoms with Crippen LogP contribution in [0.4, 0.5) is 0 Å². The van der Waals surface area contributed by atoms with Crippen molar-refractivity contribution < 1.29 is 10.0 Å². The molecule has 0 heterocycles. The quantitative estimate of drug-likeness (QED) is 0.304. The molecule has 4 nitrogen and oxygen atoms in total. The molecule has 4 heteroatoms. The van der Waals surface area contributed by atoms with Gasteiger partial charge in [0.05, 0.1) is 0 Å². The third-order valence-corrected chi connectivity index (χ3v) is 1.32. The summed E-state index contributed by atoms with van der Waals surface area (Å²) in [7, 11) is 0. The Labute approximate surface area is 52.3 Å². The van der Waals surface area contributed by atoms with E-state index >= 15 is 0 Å². The highest BCUT2D eigenvalue weighted by atomic mass is 16.4. The summed E-state index contributed by atoms with van der Waals surface area (Å²) in [5.74, 6) is -0.479. The smallest absolute Gasteiger partial charge is 0.266 e. The third kappa shape index (κ3) is 1.19. The van der Waals surface area contributed by atoms with Gasteiger partial charge in [-0.05, 0) is 12.8 Å². The number of rotatable bonds is 2. The van der Waals surface area contributed by atoms with Gasteiger partial charge in [-0.25, -0.2) is 0 Å². The van der Waals surface area contributed by atoms with Crippen LogP contribution >= 0.6 is 0 Å². The zero-order valence-electron chi connectivity index (χ0n) is 4.87. The first-order valence-corrected chi connectivity index (χ1v) is 2.77. The highest BCUT2D eigenvalue weighted by Gasteiger charge is 2.31. The van der Waals surface area contributed by atoms with Crippen molar-refractivity contribution >= 4 is 11.6 Å². The van der Waals surface area contributed by atoms with E-state index in [0.29, 0.717) is 0 Å². The van der Waals surface area contributed by atoms with Crippen LogP contribution in [0, 0.1) is 5.92 Å². The molecule has 9 heavy (non-hydrogen) atoms. The lowest BCUT2D eigenvalue weighted by Gasteiger charge is -1.91. The Bertz CT molecular complexity index is 160. The van der Waals surface area contributed by atoms with Crippen molar-refractivity contribution in [2.45, 2.75) is 12.8 Å². The van der Waals surface area contributed by atoms with Crippen molar-refractivity contribution in [3.63, 3.8) is 0 Å². The molecule has 0 atom stereocenters. The number of carbonyl (C=O) groups is 1. The number of hydrogen-bond donors (Lipinski definition) is 2. The van der Waals surface area contributed by atoms with Crippen LogP contribution in [0.25, 0.3) is 0 Å². The standard InChI is InChI=1S/C5H8N2O2/c6-5(8)4(7-9)3-1-2-3/h3,9H,1-2H2,(H2,6,8)/b7-4+. The monoisotopic (exact) mass is 128 g/mol. The molecule has 1 rings (SSSR count). The van der Waals surface area contributed by atoms with Crippen LogP contribution in [0.3, 0.4) is 0 Å². The molecular weight excluding hydrogens is 120 g/mol. The van der Waals surface area contributed by atoms with Crippen molar-refractivity contribution in [1.29, 1.82) is 0 Å². The topological polar surface area (TPSA) is 75.7 Å². The molecule has 0 spiro atoms. The van der Waals surface area contributed by atoms with Gasteiger partial charge in [0.2, 0.25) is 0 Å². The lowest BCUT2D eigenvalue weighted by molar-refractivity contribution is -0.112. The Morgan fingerprint density at radius 2 is 2.22 bits per heavy atom. The van der Waals surface area contributed by atoms with E-state index < -0.39 is 5.91 Å². The molecule has 0 unspecified atom stereocenters. The van der Waals surface area contributed by atoms with Gasteiger partial charge in [0.15, 0.2) is 0 Å². The van der Waals surface area contributed by atoms with Gasteiger partial charge in [0.25, 0.3) is 5.91 Å². The van der Waals surface area contributed by atoms with E-state index in [2.05, 4.69) is 5.16 Å². The minimum atomic E-state index is -0.611. The molecule has 0 aromatic rings. The van der Waals surface area contributed by atoms with Gasteiger partial charge in [0.1, 0.15) is 5.71 Å². The normalized spacial score (nSPS) is 19.8. The number of carbonyl (C=O) groups excluding carboxylic acids is 1. The molecule has 0 bridgehead atoms. The summed E-state index contributed by atoms with van der Waals surface area (Å²) in [5.41, 5.74) is 4.98. The van der Waals surface area contributed by atoms with Crippen LogP contribution in [-0.2, 0) is 4.79 Å². The minimum Gasteiger partial charge on any atom is -0.410 e. The van der Waals surface area contributed by atoms with Crippen LogP contribution in [0.1, 0.15) is 12.8 Å². The maximum absolute atomic E-state index is 10.3. The van der Waals surface area contributed by atoms with Gasteiger partial charge in [-0.15, -0.1) is 0 Å². The fourth-order valence-corrected chi connectivity index (χ4v) is 0.689. The fourth-order valence-electron chi connectivity index (χ4n) is 0.689. The van der Waals surface area contributed by atoms with Crippen molar-refractivity contribution in [1.82, 2.24) is 0 Å². The Kier molecular flexibility index (Phi) is 1.38. The van der Waals surface area contributed by atoms with Gasteiger partial charge in [-0.1, -0.05) is 5.16 Å². The van der Waals surface area contributed by atoms with Crippen molar-refractivity contribution in [3.05, 3.63) is 0 Å². The van der Waals surface area contributed by atoms with Crippen LogP contribution in [0.5, 0.6) is 0 Å². The molecule has 1 amide bonds. The average molecular weight is 128 g/mol. The van der Waals surface area contributed by atoms with Gasteiger partial charge < -0.3 is 10.9 Å². The second kappa shape index (κ2) is 2.05. The first-order chi connectivity index (χ1) is 4.25. The van der Waals surface area contributed by atoms with Crippen LogP contribution in [0.2, 0.25) is 0 Å². The van der Waals surface area contributed by atoms with Gasteiger partial charge in [-0.2, -0.15) is 0 Å². The van der Waals surface area contributed by atoms with Crippen LogP contribution in [0.15, 0.2) is 5.16 Å². The number of primary amides is 1. The molecule has 1 aliphatic rings. The Balaban J connectivity index is 2.59. The lowest BCUT2D eigenvalue weighted by atomic mass is 10.2. The van der Waals surface area contributed by atoms with Crippen LogP contribution in [-0.4, -0.2) is 16.8 Å². The molecule has 0 radical (unpaired) electrons. The second-order valence-electron chi connectivity index (χ2n) is 2.12. The van der Waals surface area contributed by atoms with Gasteiger partial charge in [0, 0.05) is 5.92 Å². The zero-order valence-corrected chi connectivity index (χ0v) is 4.87. The summed E-state index contributed by atoms with van der Waals surface area (Å²) in [6.07, 6.45) is 1.84. The Hall–Kier alpha value is -1.06. The summed E-state index contributed by atoms with van der Waals surface area (Å²) in [4.78, 5) is 10.3. The summed E-state index contributed by atoms with van der Waals surface area (Å²) < 4.78 is 0. The summed E-state index contributed by atoms with van der Waals surface area (Å²) in [6.45, 7) is 0.